The van der Waals surface area contributed by atoms with E-state index in [4.69, 9.17) is 14.5 Å². The Hall–Kier alpha value is -4.61. The van der Waals surface area contributed by atoms with Crippen LogP contribution in [0.1, 0.15) is 46.4 Å². The molecule has 222 valence electrons. The molecule has 3 heterocycles. The Bertz CT molecular complexity index is 1620. The molecule has 3 N–H and O–H groups in total. The molecule has 2 fully saturated rings. The third kappa shape index (κ3) is 6.27. The van der Waals surface area contributed by atoms with Gasteiger partial charge in [0.05, 0.1) is 35.8 Å². The minimum atomic E-state index is -0.303. The number of aromatic hydroxyl groups is 1. The Kier molecular flexibility index (Phi) is 8.43. The Labute approximate surface area is 249 Å². The number of methoxy groups -OCH3 is 1. The largest absolute Gasteiger partial charge is 0.507 e. The summed E-state index contributed by atoms with van der Waals surface area (Å²) in [6.07, 6.45) is 7.33. The van der Waals surface area contributed by atoms with Gasteiger partial charge in [0.1, 0.15) is 11.6 Å². The molecule has 2 amide bonds. The summed E-state index contributed by atoms with van der Waals surface area (Å²) in [4.78, 5) is 41.7. The predicted octanol–water partition coefficient (Wildman–Crippen LogP) is 4.49. The van der Waals surface area contributed by atoms with Gasteiger partial charge >= 0.3 is 0 Å². The van der Waals surface area contributed by atoms with E-state index >= 15 is 0 Å². The molecule has 0 spiro atoms. The maximum Gasteiger partial charge on any atom is 0.257 e. The van der Waals surface area contributed by atoms with Crippen LogP contribution in [-0.4, -0.2) is 82.3 Å². The number of carbonyl (C=O) groups excluding carboxylic acids is 2. The third-order valence-electron chi connectivity index (χ3n) is 8.07. The van der Waals surface area contributed by atoms with Gasteiger partial charge in [0, 0.05) is 49.8 Å². The van der Waals surface area contributed by atoms with E-state index in [1.807, 2.05) is 6.07 Å². The SMILES string of the molecule is COC1CCC(Nc2ncc3c(NC(=O)c4ccccc4)ncc(-c4ccc(C(=O)N5CCOCC5)c(O)c4)c3n2)CC1. The van der Waals surface area contributed by atoms with Gasteiger partial charge in [-0.15, -0.1) is 0 Å². The average Bonchev–Trinajstić information content (AvgIpc) is 3.05. The number of rotatable bonds is 7. The fraction of sp³-hybridized carbons (Fsp3) is 0.344. The molecule has 1 saturated heterocycles. The molecule has 4 aromatic rings. The molecule has 0 bridgehead atoms. The second-order valence-corrected chi connectivity index (χ2v) is 10.8. The Morgan fingerprint density at radius 3 is 2.49 bits per heavy atom. The maximum absolute atomic E-state index is 13.0. The van der Waals surface area contributed by atoms with Gasteiger partial charge < -0.3 is 30.1 Å². The lowest BCUT2D eigenvalue weighted by atomic mass is 9.93. The third-order valence-corrected chi connectivity index (χ3v) is 8.07. The standard InChI is InChI=1S/C32H34N6O5/c1-42-23-10-8-22(9-11-23)35-32-34-19-26-28(36-32)25(18-33-29(26)37-30(40)20-5-3-2-4-6-20)21-7-12-24(27(39)17-21)31(41)38-13-15-43-16-14-38/h2-7,12,17-19,22-23,39H,8-11,13-16H2,1H3,(H,33,37,40)(H,34,35,36). The Balaban J connectivity index is 1.34. The number of phenols is 1. The topological polar surface area (TPSA) is 139 Å². The fourth-order valence-electron chi connectivity index (χ4n) is 5.61. The van der Waals surface area contributed by atoms with Crippen LogP contribution in [0.3, 0.4) is 0 Å². The quantitative estimate of drug-likeness (QED) is 0.288. The molecule has 0 unspecified atom stereocenters. The molecular weight excluding hydrogens is 548 g/mol. The molecule has 2 aromatic heterocycles. The second-order valence-electron chi connectivity index (χ2n) is 10.8. The number of morpholine rings is 1. The lowest BCUT2D eigenvalue weighted by molar-refractivity contribution is 0.0301. The van der Waals surface area contributed by atoms with Crippen LogP contribution in [-0.2, 0) is 9.47 Å². The summed E-state index contributed by atoms with van der Waals surface area (Å²) in [5, 5.41) is 17.8. The molecule has 1 aliphatic heterocycles. The number of carbonyl (C=O) groups is 2. The van der Waals surface area contributed by atoms with E-state index in [2.05, 4.69) is 20.6 Å². The smallest absolute Gasteiger partial charge is 0.257 e. The highest BCUT2D eigenvalue weighted by Gasteiger charge is 2.24. The minimum absolute atomic E-state index is 0.133. The van der Waals surface area contributed by atoms with Crippen molar-refractivity contribution in [3.63, 3.8) is 0 Å². The van der Waals surface area contributed by atoms with Crippen LogP contribution in [0, 0.1) is 0 Å². The van der Waals surface area contributed by atoms with Gasteiger partial charge in [-0.25, -0.2) is 15.0 Å². The summed E-state index contributed by atoms with van der Waals surface area (Å²) >= 11 is 0. The molecule has 11 heteroatoms. The van der Waals surface area contributed by atoms with E-state index in [9.17, 15) is 14.7 Å². The maximum atomic E-state index is 13.0. The summed E-state index contributed by atoms with van der Waals surface area (Å²) in [6, 6.07) is 14.0. The van der Waals surface area contributed by atoms with Gasteiger partial charge in [-0.05, 0) is 55.5 Å². The molecule has 2 aromatic carbocycles. The van der Waals surface area contributed by atoms with Crippen molar-refractivity contribution < 1.29 is 24.2 Å². The number of hydrogen-bond donors (Lipinski definition) is 3. The van der Waals surface area contributed by atoms with Crippen molar-refractivity contribution in [2.45, 2.75) is 37.8 Å². The number of hydrogen-bond acceptors (Lipinski definition) is 9. The highest BCUT2D eigenvalue weighted by atomic mass is 16.5. The van der Waals surface area contributed by atoms with Crippen molar-refractivity contribution in [3.8, 4) is 16.9 Å². The molecule has 1 saturated carbocycles. The van der Waals surface area contributed by atoms with Crippen LogP contribution in [0.5, 0.6) is 5.75 Å². The van der Waals surface area contributed by atoms with Crippen LogP contribution in [0.2, 0.25) is 0 Å². The van der Waals surface area contributed by atoms with Crippen molar-refractivity contribution >= 4 is 34.5 Å². The first-order valence-corrected chi connectivity index (χ1v) is 14.5. The average molecular weight is 583 g/mol. The molecular formula is C32H34N6O5. The molecule has 2 aliphatic rings. The lowest BCUT2D eigenvalue weighted by Gasteiger charge is -2.28. The highest BCUT2D eigenvalue weighted by Crippen LogP contribution is 2.34. The second kappa shape index (κ2) is 12.7. The van der Waals surface area contributed by atoms with Gasteiger partial charge in [-0.1, -0.05) is 24.3 Å². The molecule has 43 heavy (non-hydrogen) atoms. The van der Waals surface area contributed by atoms with Crippen LogP contribution >= 0.6 is 0 Å². The number of nitrogens with one attached hydrogen (secondary N) is 2. The van der Waals surface area contributed by atoms with Crippen molar-refractivity contribution in [2.75, 3.05) is 44.0 Å². The number of aromatic nitrogens is 3. The van der Waals surface area contributed by atoms with E-state index in [0.717, 1.165) is 25.7 Å². The van der Waals surface area contributed by atoms with Crippen molar-refractivity contribution in [1.82, 2.24) is 19.9 Å². The summed E-state index contributed by atoms with van der Waals surface area (Å²) in [7, 11) is 1.75. The summed E-state index contributed by atoms with van der Waals surface area (Å²) in [5.74, 6) is 0.104. The normalized spacial score (nSPS) is 18.8. The summed E-state index contributed by atoms with van der Waals surface area (Å²) < 4.78 is 10.9. The number of nitrogens with zero attached hydrogens (tertiary/aromatic N) is 4. The lowest BCUT2D eigenvalue weighted by Crippen LogP contribution is -2.40. The van der Waals surface area contributed by atoms with E-state index in [1.165, 1.54) is 0 Å². The molecule has 6 rings (SSSR count). The number of amides is 2. The number of benzene rings is 2. The Morgan fingerprint density at radius 2 is 1.77 bits per heavy atom. The fourth-order valence-corrected chi connectivity index (χ4v) is 5.61. The minimum Gasteiger partial charge on any atom is -0.507 e. The molecule has 1 aliphatic carbocycles. The monoisotopic (exact) mass is 582 g/mol. The van der Waals surface area contributed by atoms with Gasteiger partial charge in [0.25, 0.3) is 11.8 Å². The predicted molar refractivity (Wildman–Crippen MR) is 162 cm³/mol. The molecule has 11 nitrogen and oxygen atoms in total. The van der Waals surface area contributed by atoms with Gasteiger partial charge in [0.2, 0.25) is 5.95 Å². The number of ether oxygens (including phenoxy) is 2. The van der Waals surface area contributed by atoms with Crippen LogP contribution < -0.4 is 10.6 Å². The zero-order chi connectivity index (χ0) is 29.8. The van der Waals surface area contributed by atoms with Gasteiger partial charge in [-0.2, -0.15) is 0 Å². The van der Waals surface area contributed by atoms with Gasteiger partial charge in [0.15, 0.2) is 0 Å². The Morgan fingerprint density at radius 1 is 1.00 bits per heavy atom. The first kappa shape index (κ1) is 28.5. The van der Waals surface area contributed by atoms with Crippen molar-refractivity contribution in [2.24, 2.45) is 0 Å². The number of fused-ring (bicyclic) bond motifs is 1. The number of pyridine rings is 1. The van der Waals surface area contributed by atoms with Crippen LogP contribution in [0.4, 0.5) is 11.8 Å². The number of anilines is 2. The molecule has 0 atom stereocenters. The summed E-state index contributed by atoms with van der Waals surface area (Å²) in [6.45, 7) is 1.90. The van der Waals surface area contributed by atoms with E-state index in [-0.39, 0.29) is 35.3 Å². The number of phenolic OH excluding ortho intramolecular Hbond substituents is 1. The van der Waals surface area contributed by atoms with E-state index in [0.29, 0.717) is 65.7 Å². The molecule has 0 radical (unpaired) electrons. The zero-order valence-electron chi connectivity index (χ0n) is 24.0. The van der Waals surface area contributed by atoms with Crippen LogP contribution in [0.25, 0.3) is 22.0 Å². The van der Waals surface area contributed by atoms with Crippen molar-refractivity contribution in [1.29, 1.82) is 0 Å². The van der Waals surface area contributed by atoms with Crippen LogP contribution in [0.15, 0.2) is 60.9 Å². The van der Waals surface area contributed by atoms with E-state index in [1.54, 1.807) is 66.9 Å². The van der Waals surface area contributed by atoms with E-state index < -0.39 is 0 Å². The first-order chi connectivity index (χ1) is 21.0. The zero-order valence-corrected chi connectivity index (χ0v) is 24.0. The van der Waals surface area contributed by atoms with Gasteiger partial charge in [-0.3, -0.25) is 9.59 Å². The summed E-state index contributed by atoms with van der Waals surface area (Å²) in [5.41, 5.74) is 2.52. The first-order valence-electron chi connectivity index (χ1n) is 14.5. The van der Waals surface area contributed by atoms with Crippen molar-refractivity contribution in [3.05, 3.63) is 72.1 Å². The highest BCUT2D eigenvalue weighted by molar-refractivity contribution is 6.09.